The molecule has 0 aliphatic carbocycles. The van der Waals surface area contributed by atoms with Gasteiger partial charge in [-0.25, -0.2) is 0 Å². The molecular weight excluding hydrogens is 254 g/mol. The fourth-order valence-corrected chi connectivity index (χ4v) is 2.81. The molecule has 0 bridgehead atoms. The fraction of sp³-hybridized carbons (Fsp3) is 0.200. The summed E-state index contributed by atoms with van der Waals surface area (Å²) in [4.78, 5) is 6.41. The monoisotopic (exact) mass is 269 g/mol. The van der Waals surface area contributed by atoms with E-state index in [0.717, 1.165) is 13.0 Å². The average Bonchev–Trinajstić information content (AvgIpc) is 2.93. The fourth-order valence-electron chi connectivity index (χ4n) is 2.18. The molecule has 19 heavy (non-hydrogen) atoms. The summed E-state index contributed by atoms with van der Waals surface area (Å²) in [5, 5.41) is 1.21. The SMILES string of the molecule is CCCN(c1ccncc1)c1ccc2sncc2c1. The van der Waals surface area contributed by atoms with E-state index in [1.54, 1.807) is 0 Å². The van der Waals surface area contributed by atoms with Crippen molar-refractivity contribution in [1.29, 1.82) is 0 Å². The maximum absolute atomic E-state index is 4.23. The second-order valence-corrected chi connectivity index (χ2v) is 5.24. The second-order valence-electron chi connectivity index (χ2n) is 4.40. The third-order valence-corrected chi connectivity index (χ3v) is 3.85. The van der Waals surface area contributed by atoms with Gasteiger partial charge < -0.3 is 4.90 Å². The molecular formula is C15H15N3S. The number of anilines is 2. The Labute approximate surface area is 116 Å². The largest absolute Gasteiger partial charge is 0.341 e. The van der Waals surface area contributed by atoms with Crippen molar-refractivity contribution in [1.82, 2.24) is 9.36 Å². The van der Waals surface area contributed by atoms with Gasteiger partial charge in [-0.15, -0.1) is 0 Å². The van der Waals surface area contributed by atoms with Crippen molar-refractivity contribution in [2.24, 2.45) is 0 Å². The molecule has 1 aromatic carbocycles. The number of aromatic nitrogens is 2. The number of fused-ring (bicyclic) bond motifs is 1. The van der Waals surface area contributed by atoms with E-state index in [2.05, 4.69) is 39.4 Å². The first-order valence-corrected chi connectivity index (χ1v) is 7.18. The third-order valence-electron chi connectivity index (χ3n) is 3.07. The van der Waals surface area contributed by atoms with E-state index in [0.29, 0.717) is 0 Å². The van der Waals surface area contributed by atoms with Crippen molar-refractivity contribution >= 4 is 33.0 Å². The van der Waals surface area contributed by atoms with Gasteiger partial charge in [0, 0.05) is 41.9 Å². The van der Waals surface area contributed by atoms with Crippen LogP contribution in [0.15, 0.2) is 48.9 Å². The van der Waals surface area contributed by atoms with Crippen molar-refractivity contribution in [3.63, 3.8) is 0 Å². The highest BCUT2D eigenvalue weighted by Gasteiger charge is 2.09. The van der Waals surface area contributed by atoms with Crippen LogP contribution in [0.3, 0.4) is 0 Å². The minimum Gasteiger partial charge on any atom is -0.341 e. The molecule has 2 aromatic heterocycles. The summed E-state index contributed by atoms with van der Waals surface area (Å²) in [6.07, 6.45) is 6.70. The number of hydrogen-bond donors (Lipinski definition) is 0. The topological polar surface area (TPSA) is 29.0 Å². The van der Waals surface area contributed by atoms with Gasteiger partial charge in [0.05, 0.1) is 4.70 Å². The maximum atomic E-state index is 4.23. The van der Waals surface area contributed by atoms with Gasteiger partial charge in [0.2, 0.25) is 0 Å². The van der Waals surface area contributed by atoms with Gasteiger partial charge in [-0.05, 0) is 48.3 Å². The third kappa shape index (κ3) is 2.44. The molecule has 0 N–H and O–H groups in total. The lowest BCUT2D eigenvalue weighted by Gasteiger charge is -2.24. The molecule has 3 aromatic rings. The summed E-state index contributed by atoms with van der Waals surface area (Å²) in [6.45, 7) is 3.19. The summed E-state index contributed by atoms with van der Waals surface area (Å²) in [6, 6.07) is 10.6. The van der Waals surface area contributed by atoms with Gasteiger partial charge in [-0.1, -0.05) is 6.92 Å². The Morgan fingerprint density at radius 2 is 1.95 bits per heavy atom. The standard InChI is InChI=1S/C15H15N3S/c1-2-9-18(13-5-7-16-8-6-13)14-3-4-15-12(10-14)11-17-19-15/h3-8,10-11H,2,9H2,1H3. The Balaban J connectivity index is 2.03. The molecule has 0 spiro atoms. The van der Waals surface area contributed by atoms with Crippen LogP contribution in [-0.2, 0) is 0 Å². The lowest BCUT2D eigenvalue weighted by atomic mass is 10.2. The van der Waals surface area contributed by atoms with Crippen molar-refractivity contribution in [2.45, 2.75) is 13.3 Å². The Morgan fingerprint density at radius 3 is 2.74 bits per heavy atom. The van der Waals surface area contributed by atoms with E-state index in [1.165, 1.54) is 33.0 Å². The zero-order valence-electron chi connectivity index (χ0n) is 10.8. The number of rotatable bonds is 4. The lowest BCUT2D eigenvalue weighted by molar-refractivity contribution is 0.885. The summed E-state index contributed by atoms with van der Waals surface area (Å²) in [5.41, 5.74) is 2.39. The van der Waals surface area contributed by atoms with Gasteiger partial charge in [0.1, 0.15) is 0 Å². The molecule has 2 heterocycles. The van der Waals surface area contributed by atoms with E-state index >= 15 is 0 Å². The Hall–Kier alpha value is -1.94. The van der Waals surface area contributed by atoms with E-state index in [1.807, 2.05) is 30.7 Å². The number of benzene rings is 1. The van der Waals surface area contributed by atoms with Crippen LogP contribution in [0.25, 0.3) is 10.1 Å². The molecule has 3 rings (SSSR count). The highest BCUT2D eigenvalue weighted by atomic mass is 32.1. The quantitative estimate of drug-likeness (QED) is 0.709. The maximum Gasteiger partial charge on any atom is 0.0551 e. The number of nitrogens with zero attached hydrogens (tertiary/aromatic N) is 3. The van der Waals surface area contributed by atoms with Gasteiger partial charge >= 0.3 is 0 Å². The smallest absolute Gasteiger partial charge is 0.0551 e. The molecule has 0 saturated carbocycles. The lowest BCUT2D eigenvalue weighted by Crippen LogP contribution is -2.17. The Bertz CT molecular complexity index is 663. The van der Waals surface area contributed by atoms with Crippen molar-refractivity contribution in [2.75, 3.05) is 11.4 Å². The Kier molecular flexibility index (Phi) is 3.42. The van der Waals surface area contributed by atoms with Crippen LogP contribution in [0, 0.1) is 0 Å². The van der Waals surface area contributed by atoms with E-state index < -0.39 is 0 Å². The summed E-state index contributed by atoms with van der Waals surface area (Å²) < 4.78 is 5.47. The van der Waals surface area contributed by atoms with Crippen molar-refractivity contribution in [3.05, 3.63) is 48.9 Å². The van der Waals surface area contributed by atoms with Gasteiger partial charge in [-0.2, -0.15) is 4.37 Å². The van der Waals surface area contributed by atoms with Gasteiger partial charge in [0.15, 0.2) is 0 Å². The van der Waals surface area contributed by atoms with E-state index in [9.17, 15) is 0 Å². The molecule has 0 unspecified atom stereocenters. The van der Waals surface area contributed by atoms with Crippen LogP contribution in [0.2, 0.25) is 0 Å². The first-order valence-electron chi connectivity index (χ1n) is 6.40. The molecule has 4 heteroatoms. The van der Waals surface area contributed by atoms with Crippen LogP contribution >= 0.6 is 11.5 Å². The first-order chi connectivity index (χ1) is 9.38. The van der Waals surface area contributed by atoms with Crippen LogP contribution < -0.4 is 4.90 Å². The second kappa shape index (κ2) is 5.36. The minimum absolute atomic E-state index is 0.993. The van der Waals surface area contributed by atoms with Crippen LogP contribution in [-0.4, -0.2) is 15.9 Å². The summed E-state index contributed by atoms with van der Waals surface area (Å²) in [5.74, 6) is 0. The van der Waals surface area contributed by atoms with Crippen molar-refractivity contribution in [3.8, 4) is 0 Å². The van der Waals surface area contributed by atoms with Crippen LogP contribution in [0.4, 0.5) is 11.4 Å². The predicted octanol–water partition coefficient (Wildman–Crippen LogP) is 4.24. The molecule has 3 nitrogen and oxygen atoms in total. The molecule has 0 aliphatic heterocycles. The first kappa shape index (κ1) is 12.1. The molecule has 0 amide bonds. The molecule has 0 atom stereocenters. The van der Waals surface area contributed by atoms with Crippen molar-refractivity contribution < 1.29 is 0 Å². The zero-order valence-corrected chi connectivity index (χ0v) is 11.6. The minimum atomic E-state index is 0.993. The van der Waals surface area contributed by atoms with E-state index in [4.69, 9.17) is 0 Å². The number of hydrogen-bond acceptors (Lipinski definition) is 4. The highest BCUT2D eigenvalue weighted by molar-refractivity contribution is 7.13. The molecule has 0 aliphatic rings. The average molecular weight is 269 g/mol. The van der Waals surface area contributed by atoms with Gasteiger partial charge in [-0.3, -0.25) is 4.98 Å². The molecule has 0 saturated heterocycles. The summed E-state index contributed by atoms with van der Waals surface area (Å²) in [7, 11) is 0. The van der Waals surface area contributed by atoms with Crippen LogP contribution in [0.5, 0.6) is 0 Å². The summed E-state index contributed by atoms with van der Waals surface area (Å²) >= 11 is 1.54. The molecule has 0 fully saturated rings. The van der Waals surface area contributed by atoms with Gasteiger partial charge in [0.25, 0.3) is 0 Å². The highest BCUT2D eigenvalue weighted by Crippen LogP contribution is 2.29. The zero-order chi connectivity index (χ0) is 13.1. The normalized spacial score (nSPS) is 10.8. The number of pyridine rings is 1. The Morgan fingerprint density at radius 1 is 1.11 bits per heavy atom. The predicted molar refractivity (Wildman–Crippen MR) is 81.2 cm³/mol. The van der Waals surface area contributed by atoms with Crippen LogP contribution in [0.1, 0.15) is 13.3 Å². The molecule has 96 valence electrons. The van der Waals surface area contributed by atoms with E-state index in [-0.39, 0.29) is 0 Å². The molecule has 0 radical (unpaired) electrons.